The molecule has 3 aromatic carbocycles. The molecule has 0 amide bonds. The number of rotatable bonds is 4. The number of fused-ring (bicyclic) bond motifs is 1. The second-order valence-electron chi connectivity index (χ2n) is 5.42. The van der Waals surface area contributed by atoms with Crippen molar-refractivity contribution in [1.29, 1.82) is 0 Å². The van der Waals surface area contributed by atoms with E-state index in [-0.39, 0.29) is 21.7 Å². The summed E-state index contributed by atoms with van der Waals surface area (Å²) < 4.78 is 64.1. The van der Waals surface area contributed by atoms with Gasteiger partial charge in [0.25, 0.3) is 20.2 Å². The number of hydrogen-bond acceptors (Lipinski definition) is 6. The van der Waals surface area contributed by atoms with E-state index in [4.69, 9.17) is 4.55 Å². The van der Waals surface area contributed by atoms with Crippen LogP contribution in [-0.2, 0) is 20.2 Å². The quantitative estimate of drug-likeness (QED) is 0.494. The standard InChI is InChI=1S/C16H13NO7S2/c18-14-9-11(25(19,20)21)8-10-4-3-6-13(16(10)14)17-12-5-1-2-7-15(12)26(22,23)24/h1-9,17-18H,(H,19,20,21)(H,22,23,24). The molecule has 8 nitrogen and oxygen atoms in total. The number of hydrogen-bond donors (Lipinski definition) is 4. The molecule has 0 aromatic heterocycles. The summed E-state index contributed by atoms with van der Waals surface area (Å²) in [5, 5.41) is 13.5. The Morgan fingerprint density at radius 1 is 0.769 bits per heavy atom. The van der Waals surface area contributed by atoms with Crippen LogP contribution in [0.3, 0.4) is 0 Å². The SMILES string of the molecule is O=S(=O)(O)c1cc(O)c2c(Nc3ccccc3S(=O)(=O)O)cccc2c1. The summed E-state index contributed by atoms with van der Waals surface area (Å²) in [6.07, 6.45) is 0. The summed E-state index contributed by atoms with van der Waals surface area (Å²) in [6.45, 7) is 0. The predicted molar refractivity (Wildman–Crippen MR) is 95.0 cm³/mol. The number of phenolic OH excluding ortho intramolecular Hbond substituents is 1. The molecular formula is C16H13NO7S2. The van der Waals surface area contributed by atoms with Gasteiger partial charge in [0.05, 0.1) is 16.3 Å². The Morgan fingerprint density at radius 3 is 2.08 bits per heavy atom. The molecule has 0 spiro atoms. The van der Waals surface area contributed by atoms with Crippen LogP contribution in [0.2, 0.25) is 0 Å². The Labute approximate surface area is 149 Å². The number of para-hydroxylation sites is 1. The first-order chi connectivity index (χ1) is 12.1. The summed E-state index contributed by atoms with van der Waals surface area (Å²) in [5.74, 6) is -0.428. The van der Waals surface area contributed by atoms with Gasteiger partial charge in [-0.2, -0.15) is 16.8 Å². The molecule has 0 unspecified atom stereocenters. The Kier molecular flexibility index (Phi) is 4.36. The Balaban J connectivity index is 2.20. The lowest BCUT2D eigenvalue weighted by atomic mass is 10.1. The second-order valence-corrected chi connectivity index (χ2v) is 8.23. The summed E-state index contributed by atoms with van der Waals surface area (Å²) in [7, 11) is -8.99. The van der Waals surface area contributed by atoms with Crippen LogP contribution < -0.4 is 5.32 Å². The van der Waals surface area contributed by atoms with Crippen molar-refractivity contribution in [3.05, 3.63) is 54.6 Å². The fraction of sp³-hybridized carbons (Fsp3) is 0. The van der Waals surface area contributed by atoms with Crippen molar-refractivity contribution in [2.45, 2.75) is 9.79 Å². The van der Waals surface area contributed by atoms with E-state index in [0.29, 0.717) is 5.39 Å². The van der Waals surface area contributed by atoms with Gasteiger partial charge in [-0.25, -0.2) is 0 Å². The zero-order valence-electron chi connectivity index (χ0n) is 13.0. The maximum Gasteiger partial charge on any atom is 0.296 e. The van der Waals surface area contributed by atoms with Crippen LogP contribution >= 0.6 is 0 Å². The van der Waals surface area contributed by atoms with Crippen LogP contribution in [0.5, 0.6) is 5.75 Å². The van der Waals surface area contributed by atoms with E-state index >= 15 is 0 Å². The molecule has 0 heterocycles. The molecule has 0 saturated carbocycles. The highest BCUT2D eigenvalue weighted by Crippen LogP contribution is 2.36. The largest absolute Gasteiger partial charge is 0.507 e. The molecule has 4 N–H and O–H groups in total. The van der Waals surface area contributed by atoms with Crippen LogP contribution in [0.15, 0.2) is 64.4 Å². The van der Waals surface area contributed by atoms with E-state index < -0.39 is 30.9 Å². The molecule has 0 aliphatic heterocycles. The topological polar surface area (TPSA) is 141 Å². The highest BCUT2D eigenvalue weighted by molar-refractivity contribution is 7.86. The van der Waals surface area contributed by atoms with E-state index in [1.807, 2.05) is 0 Å². The molecule has 10 heteroatoms. The third-order valence-corrected chi connectivity index (χ3v) is 5.40. The fourth-order valence-electron chi connectivity index (χ4n) is 2.57. The average molecular weight is 395 g/mol. The molecule has 0 bridgehead atoms. The van der Waals surface area contributed by atoms with E-state index in [1.54, 1.807) is 12.1 Å². The Bertz CT molecular complexity index is 1220. The minimum atomic E-state index is -4.51. The van der Waals surface area contributed by atoms with Gasteiger partial charge in [-0.1, -0.05) is 24.3 Å². The lowest BCUT2D eigenvalue weighted by molar-refractivity contribution is 0.471. The number of anilines is 2. The molecule has 0 atom stereocenters. The predicted octanol–water partition coefficient (Wildman–Crippen LogP) is 2.78. The van der Waals surface area contributed by atoms with Crippen molar-refractivity contribution in [3.8, 4) is 5.75 Å². The summed E-state index contributed by atoms with van der Waals surface area (Å²) in [6, 6.07) is 12.3. The van der Waals surface area contributed by atoms with Gasteiger partial charge in [0.15, 0.2) is 0 Å². The minimum Gasteiger partial charge on any atom is -0.507 e. The van der Waals surface area contributed by atoms with Gasteiger partial charge in [-0.3, -0.25) is 9.11 Å². The summed E-state index contributed by atoms with van der Waals surface area (Å²) in [5.41, 5.74) is 0.346. The number of benzene rings is 3. The van der Waals surface area contributed by atoms with Crippen molar-refractivity contribution < 1.29 is 31.0 Å². The first-order valence-electron chi connectivity index (χ1n) is 7.14. The van der Waals surface area contributed by atoms with E-state index in [2.05, 4.69) is 5.32 Å². The first-order valence-corrected chi connectivity index (χ1v) is 10.0. The molecule has 0 fully saturated rings. The first kappa shape index (κ1) is 18.1. The lowest BCUT2D eigenvalue weighted by Crippen LogP contribution is -2.03. The summed E-state index contributed by atoms with van der Waals surface area (Å²) in [4.78, 5) is -0.830. The van der Waals surface area contributed by atoms with Crippen LogP contribution in [0.4, 0.5) is 11.4 Å². The zero-order valence-corrected chi connectivity index (χ0v) is 14.6. The maximum absolute atomic E-state index is 11.5. The van der Waals surface area contributed by atoms with Gasteiger partial charge in [0.2, 0.25) is 0 Å². The van der Waals surface area contributed by atoms with E-state index in [1.165, 1.54) is 36.4 Å². The zero-order chi connectivity index (χ0) is 19.1. The van der Waals surface area contributed by atoms with Crippen molar-refractivity contribution in [2.75, 3.05) is 5.32 Å². The normalized spacial score (nSPS) is 12.2. The molecule has 0 radical (unpaired) electrons. The maximum atomic E-state index is 11.5. The van der Waals surface area contributed by atoms with Gasteiger partial charge in [-0.05, 0) is 29.7 Å². The number of aromatic hydroxyl groups is 1. The molecule has 0 saturated heterocycles. The van der Waals surface area contributed by atoms with Crippen LogP contribution in [0, 0.1) is 0 Å². The Morgan fingerprint density at radius 2 is 1.42 bits per heavy atom. The van der Waals surface area contributed by atoms with Crippen molar-refractivity contribution >= 4 is 42.4 Å². The van der Waals surface area contributed by atoms with Gasteiger partial charge in [0.1, 0.15) is 10.6 Å². The van der Waals surface area contributed by atoms with Crippen LogP contribution in [-0.4, -0.2) is 31.0 Å². The fourth-order valence-corrected chi connectivity index (χ4v) is 3.76. The van der Waals surface area contributed by atoms with Crippen LogP contribution in [0.1, 0.15) is 0 Å². The molecule has 3 rings (SSSR count). The van der Waals surface area contributed by atoms with Crippen molar-refractivity contribution in [1.82, 2.24) is 0 Å². The molecular weight excluding hydrogens is 382 g/mol. The second kappa shape index (κ2) is 6.25. The summed E-state index contributed by atoms with van der Waals surface area (Å²) >= 11 is 0. The molecule has 26 heavy (non-hydrogen) atoms. The molecule has 3 aromatic rings. The van der Waals surface area contributed by atoms with E-state index in [0.717, 1.165) is 6.07 Å². The Hall–Kier alpha value is -2.66. The highest BCUT2D eigenvalue weighted by atomic mass is 32.2. The molecule has 136 valence electrons. The van der Waals surface area contributed by atoms with Crippen molar-refractivity contribution in [2.24, 2.45) is 0 Å². The molecule has 0 aliphatic carbocycles. The van der Waals surface area contributed by atoms with Crippen LogP contribution in [0.25, 0.3) is 10.8 Å². The molecule has 0 aliphatic rings. The minimum absolute atomic E-state index is 0.0701. The van der Waals surface area contributed by atoms with Gasteiger partial charge in [-0.15, -0.1) is 0 Å². The monoisotopic (exact) mass is 395 g/mol. The third kappa shape index (κ3) is 3.48. The van der Waals surface area contributed by atoms with Gasteiger partial charge >= 0.3 is 0 Å². The van der Waals surface area contributed by atoms with Gasteiger partial charge in [0, 0.05) is 11.5 Å². The van der Waals surface area contributed by atoms with Gasteiger partial charge < -0.3 is 10.4 Å². The third-order valence-electron chi connectivity index (χ3n) is 3.66. The smallest absolute Gasteiger partial charge is 0.296 e. The average Bonchev–Trinajstić information content (AvgIpc) is 2.53. The van der Waals surface area contributed by atoms with Crippen molar-refractivity contribution in [3.63, 3.8) is 0 Å². The highest BCUT2D eigenvalue weighted by Gasteiger charge is 2.18. The lowest BCUT2D eigenvalue weighted by Gasteiger charge is -2.14. The number of nitrogens with one attached hydrogen (secondary N) is 1. The number of phenols is 1. The van der Waals surface area contributed by atoms with E-state index in [9.17, 15) is 26.5 Å².